The van der Waals surface area contributed by atoms with E-state index < -0.39 is 28.0 Å². The first-order valence-electron chi connectivity index (χ1n) is 10.8. The first-order valence-corrected chi connectivity index (χ1v) is 12.6. The number of aliphatic hydroxyl groups is 1. The Hall–Kier alpha value is -2.87. The lowest BCUT2D eigenvalue weighted by Gasteiger charge is -2.36. The minimum atomic E-state index is -3.93. The van der Waals surface area contributed by atoms with E-state index in [9.17, 15) is 17.9 Å². The van der Waals surface area contributed by atoms with Crippen molar-refractivity contribution in [3.63, 3.8) is 0 Å². The first-order chi connectivity index (χ1) is 16.1. The molecule has 34 heavy (non-hydrogen) atoms. The number of aryl methyl sites for hydroxylation is 1. The molecule has 0 bridgehead atoms. The van der Waals surface area contributed by atoms with Gasteiger partial charge in [0.05, 0.1) is 28.3 Å². The van der Waals surface area contributed by atoms with Crippen LogP contribution in [0.2, 0.25) is 5.02 Å². The van der Waals surface area contributed by atoms with E-state index in [0.717, 1.165) is 5.56 Å². The molecule has 1 aliphatic heterocycles. The van der Waals surface area contributed by atoms with Crippen molar-refractivity contribution < 1.29 is 22.7 Å². The van der Waals surface area contributed by atoms with Gasteiger partial charge >= 0.3 is 0 Å². The molecule has 1 unspecified atom stereocenters. The maximum atomic E-state index is 14.4. The van der Waals surface area contributed by atoms with Gasteiger partial charge in [0.15, 0.2) is 0 Å². The Morgan fingerprint density at radius 3 is 2.62 bits per heavy atom. The Balaban J connectivity index is 1.82. The second-order valence-electron chi connectivity index (χ2n) is 8.40. The number of halogens is 2. The molecule has 0 amide bonds. The minimum absolute atomic E-state index is 0.0494. The fraction of sp³-hybridized carbons (Fsp3) is 0.231. The molecule has 0 saturated heterocycles. The Bertz CT molecular complexity index is 1350. The summed E-state index contributed by atoms with van der Waals surface area (Å²) < 4.78 is 48.8. The number of fused-ring (bicyclic) bond motifs is 1. The SMILES string of the molecule is C/C(=C\c1ccc2c(c1)N(S(=O)(=O)c1cccc(C)c1)CC([C@H](C)O)O2)c1c(F)cccc1Cl. The summed E-state index contributed by atoms with van der Waals surface area (Å²) in [4.78, 5) is 0.153. The highest BCUT2D eigenvalue weighted by molar-refractivity contribution is 7.92. The lowest BCUT2D eigenvalue weighted by atomic mass is 10.0. The molecule has 1 aliphatic rings. The van der Waals surface area contributed by atoms with Crippen LogP contribution in [0.3, 0.4) is 0 Å². The van der Waals surface area contributed by atoms with Gasteiger partial charge in [-0.1, -0.05) is 41.9 Å². The van der Waals surface area contributed by atoms with Crippen LogP contribution < -0.4 is 9.04 Å². The molecular weight excluding hydrogens is 477 g/mol. The Morgan fingerprint density at radius 2 is 1.94 bits per heavy atom. The Morgan fingerprint density at radius 1 is 1.21 bits per heavy atom. The molecule has 178 valence electrons. The van der Waals surface area contributed by atoms with Gasteiger partial charge in [-0.3, -0.25) is 4.31 Å². The highest BCUT2D eigenvalue weighted by Crippen LogP contribution is 2.39. The normalized spacial score (nSPS) is 17.2. The van der Waals surface area contributed by atoms with E-state index in [1.807, 2.05) is 13.0 Å². The second-order valence-corrected chi connectivity index (χ2v) is 10.7. The maximum Gasteiger partial charge on any atom is 0.264 e. The molecule has 3 aromatic carbocycles. The van der Waals surface area contributed by atoms with Crippen LogP contribution in [0.1, 0.15) is 30.5 Å². The van der Waals surface area contributed by atoms with Gasteiger partial charge in [0, 0.05) is 5.56 Å². The van der Waals surface area contributed by atoms with E-state index >= 15 is 0 Å². The van der Waals surface area contributed by atoms with Crippen LogP contribution in [0.5, 0.6) is 5.75 Å². The van der Waals surface area contributed by atoms with Crippen molar-refractivity contribution in [3.05, 3.63) is 88.2 Å². The molecule has 4 rings (SSSR count). The predicted molar refractivity (Wildman–Crippen MR) is 133 cm³/mol. The van der Waals surface area contributed by atoms with Crippen molar-refractivity contribution >= 4 is 39.0 Å². The van der Waals surface area contributed by atoms with E-state index in [0.29, 0.717) is 27.6 Å². The first kappa shape index (κ1) is 24.3. The molecule has 0 aromatic heterocycles. The zero-order chi connectivity index (χ0) is 24.6. The number of nitrogens with zero attached hydrogens (tertiary/aromatic N) is 1. The van der Waals surface area contributed by atoms with Crippen LogP contribution in [0.25, 0.3) is 11.6 Å². The smallest absolute Gasteiger partial charge is 0.264 e. The molecule has 0 spiro atoms. The summed E-state index contributed by atoms with van der Waals surface area (Å²) in [6, 6.07) is 16.2. The van der Waals surface area contributed by atoms with Crippen LogP contribution in [0.4, 0.5) is 10.1 Å². The van der Waals surface area contributed by atoms with Gasteiger partial charge in [-0.05, 0) is 73.9 Å². The summed E-state index contributed by atoms with van der Waals surface area (Å²) in [7, 11) is -3.93. The number of hydrogen-bond donors (Lipinski definition) is 1. The second kappa shape index (κ2) is 9.41. The largest absolute Gasteiger partial charge is 0.484 e. The topological polar surface area (TPSA) is 66.8 Å². The molecule has 8 heteroatoms. The zero-order valence-corrected chi connectivity index (χ0v) is 20.6. The van der Waals surface area contributed by atoms with Crippen LogP contribution in [0, 0.1) is 12.7 Å². The zero-order valence-electron chi connectivity index (χ0n) is 19.0. The van der Waals surface area contributed by atoms with Gasteiger partial charge in [0.1, 0.15) is 17.7 Å². The molecule has 1 N–H and O–H groups in total. The third-order valence-electron chi connectivity index (χ3n) is 5.73. The van der Waals surface area contributed by atoms with Gasteiger partial charge in [-0.25, -0.2) is 12.8 Å². The van der Waals surface area contributed by atoms with Gasteiger partial charge in [-0.15, -0.1) is 0 Å². The molecule has 0 saturated carbocycles. The highest BCUT2D eigenvalue weighted by atomic mass is 35.5. The van der Waals surface area contributed by atoms with E-state index in [1.165, 1.54) is 16.4 Å². The standard InChI is InChI=1S/C26H25ClFNO4S/c1-16-6-4-7-20(12-16)34(31,32)29-15-25(18(3)30)33-24-11-10-19(14-23(24)29)13-17(2)26-21(27)8-5-9-22(26)28/h4-14,18,25,30H,15H2,1-3H3/b17-13+/t18-,25?/m0/s1. The predicted octanol–water partition coefficient (Wildman–Crippen LogP) is 5.69. The molecule has 5 nitrogen and oxygen atoms in total. The lowest BCUT2D eigenvalue weighted by molar-refractivity contribution is 0.0503. The van der Waals surface area contributed by atoms with Crippen molar-refractivity contribution in [1.29, 1.82) is 0 Å². The van der Waals surface area contributed by atoms with Crippen molar-refractivity contribution in [2.45, 2.75) is 37.9 Å². The van der Waals surface area contributed by atoms with Gasteiger partial charge < -0.3 is 9.84 Å². The van der Waals surface area contributed by atoms with Gasteiger partial charge in [-0.2, -0.15) is 0 Å². The highest BCUT2D eigenvalue weighted by Gasteiger charge is 2.36. The molecule has 0 fully saturated rings. The lowest BCUT2D eigenvalue weighted by Crippen LogP contribution is -2.47. The van der Waals surface area contributed by atoms with E-state index in [4.69, 9.17) is 16.3 Å². The quantitative estimate of drug-likeness (QED) is 0.456. The number of ether oxygens (including phenoxy) is 1. The Kier molecular flexibility index (Phi) is 6.71. The van der Waals surface area contributed by atoms with E-state index in [-0.39, 0.29) is 17.0 Å². The number of benzene rings is 3. The summed E-state index contributed by atoms with van der Waals surface area (Å²) in [5.41, 5.74) is 2.70. The van der Waals surface area contributed by atoms with Crippen molar-refractivity contribution in [3.8, 4) is 5.75 Å². The molecule has 3 aromatic rings. The Labute approximate surface area is 204 Å². The minimum Gasteiger partial charge on any atom is -0.484 e. The van der Waals surface area contributed by atoms with Crippen molar-refractivity contribution in [2.24, 2.45) is 0 Å². The van der Waals surface area contributed by atoms with Crippen LogP contribution >= 0.6 is 11.6 Å². The third kappa shape index (κ3) is 4.69. The third-order valence-corrected chi connectivity index (χ3v) is 7.82. The molecule has 2 atom stereocenters. The van der Waals surface area contributed by atoms with Crippen LogP contribution in [-0.4, -0.2) is 32.3 Å². The number of allylic oxidation sites excluding steroid dienone is 1. The van der Waals surface area contributed by atoms with Crippen molar-refractivity contribution in [2.75, 3.05) is 10.8 Å². The summed E-state index contributed by atoms with van der Waals surface area (Å²) in [5.74, 6) is -0.0990. The van der Waals surface area contributed by atoms with Crippen LogP contribution in [0.15, 0.2) is 65.6 Å². The number of aliphatic hydroxyl groups excluding tert-OH is 1. The van der Waals surface area contributed by atoms with E-state index in [1.54, 1.807) is 62.4 Å². The molecule has 1 heterocycles. The van der Waals surface area contributed by atoms with Crippen LogP contribution in [-0.2, 0) is 10.0 Å². The number of hydrogen-bond acceptors (Lipinski definition) is 4. The summed E-state index contributed by atoms with van der Waals surface area (Å²) in [5, 5.41) is 10.4. The molecular formula is C26H25ClFNO4S. The number of anilines is 1. The summed E-state index contributed by atoms with van der Waals surface area (Å²) >= 11 is 6.20. The fourth-order valence-electron chi connectivity index (χ4n) is 3.96. The fourth-order valence-corrected chi connectivity index (χ4v) is 5.86. The number of sulfonamides is 1. The molecule has 0 aliphatic carbocycles. The number of rotatable bonds is 5. The average Bonchev–Trinajstić information content (AvgIpc) is 2.78. The van der Waals surface area contributed by atoms with E-state index in [2.05, 4.69) is 0 Å². The molecule has 0 radical (unpaired) electrons. The average molecular weight is 502 g/mol. The van der Waals surface area contributed by atoms with Gasteiger partial charge in [0.25, 0.3) is 10.0 Å². The van der Waals surface area contributed by atoms with Gasteiger partial charge in [0.2, 0.25) is 0 Å². The maximum absolute atomic E-state index is 14.4. The van der Waals surface area contributed by atoms with Crippen molar-refractivity contribution in [1.82, 2.24) is 0 Å². The monoisotopic (exact) mass is 501 g/mol. The summed E-state index contributed by atoms with van der Waals surface area (Å²) in [6.07, 6.45) is 0.129. The summed E-state index contributed by atoms with van der Waals surface area (Å²) in [6.45, 7) is 5.08.